The molecule has 1 heterocycles. The molecule has 2 aromatic carbocycles. The van der Waals surface area contributed by atoms with Gasteiger partial charge in [-0.15, -0.1) is 0 Å². The predicted molar refractivity (Wildman–Crippen MR) is 106 cm³/mol. The normalized spacial score (nSPS) is 11.6. The Morgan fingerprint density at radius 3 is 2.60 bits per heavy atom. The number of unbranched alkanes of at least 4 members (excludes halogenated alkanes) is 1. The average molecular weight is 421 g/mol. The SMILES string of the molecule is CCCCc1c[nH]c2ccc(Oc3c(C)cc(OCC(=O)O)cc3C(F)(F)F)cc12. The number of carboxylic acid groups (broad SMARTS) is 1. The van der Waals surface area contributed by atoms with Crippen LogP contribution in [0.5, 0.6) is 17.2 Å². The minimum absolute atomic E-state index is 0.183. The van der Waals surface area contributed by atoms with Crippen molar-refractivity contribution in [3.05, 3.63) is 53.2 Å². The quantitative estimate of drug-likeness (QED) is 0.461. The van der Waals surface area contributed by atoms with Crippen LogP contribution in [-0.2, 0) is 17.4 Å². The second kappa shape index (κ2) is 8.69. The van der Waals surface area contributed by atoms with E-state index in [1.807, 2.05) is 6.20 Å². The van der Waals surface area contributed by atoms with Crippen LogP contribution in [-0.4, -0.2) is 22.7 Å². The molecule has 0 spiro atoms. The Morgan fingerprint density at radius 1 is 1.17 bits per heavy atom. The summed E-state index contributed by atoms with van der Waals surface area (Å²) in [5, 5.41) is 9.60. The van der Waals surface area contributed by atoms with Crippen molar-refractivity contribution in [1.29, 1.82) is 0 Å². The maximum absolute atomic E-state index is 13.7. The molecule has 3 aromatic rings. The van der Waals surface area contributed by atoms with Gasteiger partial charge in [-0.25, -0.2) is 4.79 Å². The van der Waals surface area contributed by atoms with Gasteiger partial charge in [-0.3, -0.25) is 0 Å². The maximum Gasteiger partial charge on any atom is 0.420 e. The molecule has 0 fully saturated rings. The van der Waals surface area contributed by atoms with Gasteiger partial charge in [-0.05, 0) is 61.2 Å². The molecule has 0 saturated carbocycles. The maximum atomic E-state index is 13.7. The molecule has 160 valence electrons. The number of rotatable bonds is 8. The molecule has 3 rings (SSSR count). The van der Waals surface area contributed by atoms with Gasteiger partial charge in [-0.2, -0.15) is 13.2 Å². The monoisotopic (exact) mass is 421 g/mol. The number of hydrogen-bond acceptors (Lipinski definition) is 3. The fourth-order valence-corrected chi connectivity index (χ4v) is 3.23. The zero-order chi connectivity index (χ0) is 21.9. The topological polar surface area (TPSA) is 71.5 Å². The summed E-state index contributed by atoms with van der Waals surface area (Å²) in [6.07, 6.45) is 0.112. The van der Waals surface area contributed by atoms with E-state index >= 15 is 0 Å². The van der Waals surface area contributed by atoms with E-state index in [2.05, 4.69) is 11.9 Å². The lowest BCUT2D eigenvalue weighted by Crippen LogP contribution is -2.12. The highest BCUT2D eigenvalue weighted by molar-refractivity contribution is 5.84. The number of aryl methyl sites for hydroxylation is 2. The van der Waals surface area contributed by atoms with E-state index < -0.39 is 24.3 Å². The van der Waals surface area contributed by atoms with Crippen LogP contribution < -0.4 is 9.47 Å². The van der Waals surface area contributed by atoms with E-state index in [0.717, 1.165) is 41.8 Å². The van der Waals surface area contributed by atoms with Gasteiger partial charge in [0.2, 0.25) is 0 Å². The van der Waals surface area contributed by atoms with Crippen LogP contribution in [0.25, 0.3) is 10.9 Å². The third-order valence-electron chi connectivity index (χ3n) is 4.67. The molecule has 0 bridgehead atoms. The van der Waals surface area contributed by atoms with Crippen LogP contribution in [0, 0.1) is 6.92 Å². The first kappa shape index (κ1) is 21.5. The minimum Gasteiger partial charge on any atom is -0.482 e. The highest BCUT2D eigenvalue weighted by Crippen LogP contribution is 2.43. The fraction of sp³-hybridized carbons (Fsp3) is 0.318. The first-order chi connectivity index (χ1) is 14.2. The number of benzene rings is 2. The third-order valence-corrected chi connectivity index (χ3v) is 4.67. The Balaban J connectivity index is 1.97. The fourth-order valence-electron chi connectivity index (χ4n) is 3.23. The van der Waals surface area contributed by atoms with Gasteiger partial charge in [0, 0.05) is 17.1 Å². The van der Waals surface area contributed by atoms with Crippen molar-refractivity contribution in [2.45, 2.75) is 39.3 Å². The van der Waals surface area contributed by atoms with Crippen molar-refractivity contribution < 1.29 is 32.5 Å². The number of H-pyrrole nitrogens is 1. The number of carbonyl (C=O) groups is 1. The molecule has 30 heavy (non-hydrogen) atoms. The van der Waals surface area contributed by atoms with Gasteiger partial charge >= 0.3 is 12.1 Å². The molecular weight excluding hydrogens is 399 g/mol. The van der Waals surface area contributed by atoms with Gasteiger partial charge in [-0.1, -0.05) is 13.3 Å². The molecule has 0 amide bonds. The lowest BCUT2D eigenvalue weighted by Gasteiger charge is -2.18. The Morgan fingerprint density at radius 2 is 1.93 bits per heavy atom. The van der Waals surface area contributed by atoms with E-state index in [9.17, 15) is 18.0 Å². The van der Waals surface area contributed by atoms with Crippen LogP contribution in [0.2, 0.25) is 0 Å². The summed E-state index contributed by atoms with van der Waals surface area (Å²) in [6, 6.07) is 7.19. The Kier molecular flexibility index (Phi) is 6.24. The average Bonchev–Trinajstić information content (AvgIpc) is 3.07. The number of halogens is 3. The van der Waals surface area contributed by atoms with Gasteiger partial charge in [0.15, 0.2) is 6.61 Å². The number of fused-ring (bicyclic) bond motifs is 1. The molecule has 1 aromatic heterocycles. The van der Waals surface area contributed by atoms with Gasteiger partial charge < -0.3 is 19.6 Å². The van der Waals surface area contributed by atoms with Crippen LogP contribution in [0.1, 0.15) is 36.5 Å². The lowest BCUT2D eigenvalue weighted by molar-refractivity contribution is -0.139. The number of aromatic nitrogens is 1. The van der Waals surface area contributed by atoms with Crippen LogP contribution in [0.15, 0.2) is 36.5 Å². The summed E-state index contributed by atoms with van der Waals surface area (Å²) in [6.45, 7) is 2.82. The predicted octanol–water partition coefficient (Wildman–Crippen LogP) is 6.09. The molecule has 0 saturated heterocycles. The van der Waals surface area contributed by atoms with Gasteiger partial charge in [0.1, 0.15) is 22.8 Å². The first-order valence-electron chi connectivity index (χ1n) is 9.53. The van der Waals surface area contributed by atoms with E-state index in [-0.39, 0.29) is 22.8 Å². The van der Waals surface area contributed by atoms with Crippen molar-refractivity contribution >= 4 is 16.9 Å². The number of hydrogen-bond donors (Lipinski definition) is 2. The van der Waals surface area contributed by atoms with E-state index in [4.69, 9.17) is 14.6 Å². The highest BCUT2D eigenvalue weighted by Gasteiger charge is 2.36. The number of aliphatic carboxylic acids is 1. The standard InChI is InChI=1S/C22H22F3NO4/c1-3-4-5-14-11-26-19-7-6-15(9-17(14)19)30-21-13(2)8-16(29-12-20(27)28)10-18(21)22(23,24)25/h6-11,26H,3-5,12H2,1-2H3,(H,27,28). The second-order valence-corrected chi connectivity index (χ2v) is 7.02. The van der Waals surface area contributed by atoms with Crippen molar-refractivity contribution in [3.63, 3.8) is 0 Å². The first-order valence-corrected chi connectivity index (χ1v) is 9.53. The van der Waals surface area contributed by atoms with Crippen LogP contribution >= 0.6 is 0 Å². The zero-order valence-electron chi connectivity index (χ0n) is 16.6. The molecule has 2 N–H and O–H groups in total. The Hall–Kier alpha value is -3.16. The van der Waals surface area contributed by atoms with Crippen LogP contribution in [0.4, 0.5) is 13.2 Å². The Bertz CT molecular complexity index is 1060. The summed E-state index contributed by atoms with van der Waals surface area (Å²) in [4.78, 5) is 13.8. The molecule has 0 aliphatic rings. The number of carboxylic acids is 1. The summed E-state index contributed by atoms with van der Waals surface area (Å²) < 4.78 is 51.6. The third kappa shape index (κ3) is 4.87. The molecule has 5 nitrogen and oxygen atoms in total. The highest BCUT2D eigenvalue weighted by atomic mass is 19.4. The molecule has 0 atom stereocenters. The largest absolute Gasteiger partial charge is 0.482 e. The van der Waals surface area contributed by atoms with Gasteiger partial charge in [0.05, 0.1) is 0 Å². The summed E-state index contributed by atoms with van der Waals surface area (Å²) >= 11 is 0. The van der Waals surface area contributed by atoms with Crippen molar-refractivity contribution in [1.82, 2.24) is 4.98 Å². The zero-order valence-corrected chi connectivity index (χ0v) is 16.6. The second-order valence-electron chi connectivity index (χ2n) is 7.02. The molecule has 0 unspecified atom stereocenters. The van der Waals surface area contributed by atoms with Crippen molar-refractivity contribution in [2.24, 2.45) is 0 Å². The number of nitrogens with one attached hydrogen (secondary N) is 1. The minimum atomic E-state index is -4.70. The number of aromatic amines is 1. The molecule has 8 heteroatoms. The van der Waals surface area contributed by atoms with Crippen LogP contribution in [0.3, 0.4) is 0 Å². The molecule has 0 radical (unpaired) electrons. The lowest BCUT2D eigenvalue weighted by atomic mass is 10.1. The summed E-state index contributed by atoms with van der Waals surface area (Å²) in [5.74, 6) is -1.51. The molecule has 0 aliphatic carbocycles. The smallest absolute Gasteiger partial charge is 0.420 e. The number of ether oxygens (including phenoxy) is 2. The van der Waals surface area contributed by atoms with Crippen molar-refractivity contribution in [3.8, 4) is 17.2 Å². The van der Waals surface area contributed by atoms with E-state index in [0.29, 0.717) is 0 Å². The summed E-state index contributed by atoms with van der Waals surface area (Å²) in [7, 11) is 0. The Labute approximate surface area is 171 Å². The van der Waals surface area contributed by atoms with Gasteiger partial charge in [0.25, 0.3) is 0 Å². The van der Waals surface area contributed by atoms with Crippen molar-refractivity contribution in [2.75, 3.05) is 6.61 Å². The van der Waals surface area contributed by atoms with E-state index in [1.54, 1.807) is 18.2 Å². The van der Waals surface area contributed by atoms with E-state index in [1.165, 1.54) is 13.0 Å². The molecular formula is C22H22F3NO4. The molecule has 0 aliphatic heterocycles. The summed E-state index contributed by atoms with van der Waals surface area (Å²) in [5.41, 5.74) is 1.13. The number of alkyl halides is 3.